The first-order valence-corrected chi connectivity index (χ1v) is 4.07. The molecule has 1 atom stereocenters. The van der Waals surface area contributed by atoms with Gasteiger partial charge in [-0.2, -0.15) is 0 Å². The van der Waals surface area contributed by atoms with Gasteiger partial charge in [-0.3, -0.25) is 4.79 Å². The molecule has 1 nitrogen and oxygen atoms in total. The van der Waals surface area contributed by atoms with E-state index in [4.69, 9.17) is 0 Å². The number of rotatable bonds is 3. The van der Waals surface area contributed by atoms with Crippen molar-refractivity contribution >= 4 is 5.78 Å². The van der Waals surface area contributed by atoms with E-state index in [0.717, 1.165) is 31.3 Å². The average molecular weight is 150 g/mol. The van der Waals surface area contributed by atoms with Crippen LogP contribution in [0, 0.1) is 5.92 Å². The van der Waals surface area contributed by atoms with Crippen LogP contribution in [0.15, 0.2) is 24.8 Å². The summed E-state index contributed by atoms with van der Waals surface area (Å²) in [6.07, 6.45) is 5.45. The molecule has 60 valence electrons. The molecule has 1 heteroatoms. The van der Waals surface area contributed by atoms with Crippen molar-refractivity contribution in [1.82, 2.24) is 0 Å². The molecule has 0 N–H and O–H groups in total. The van der Waals surface area contributed by atoms with Gasteiger partial charge in [-0.15, -0.1) is 0 Å². The van der Waals surface area contributed by atoms with Gasteiger partial charge in [0.15, 0.2) is 0 Å². The van der Waals surface area contributed by atoms with Gasteiger partial charge in [0.25, 0.3) is 0 Å². The Kier molecular flexibility index (Phi) is 2.64. The zero-order valence-corrected chi connectivity index (χ0v) is 6.81. The lowest BCUT2D eigenvalue weighted by Crippen LogP contribution is -2.05. The van der Waals surface area contributed by atoms with E-state index in [0.29, 0.717) is 5.78 Å². The molecular weight excluding hydrogens is 136 g/mol. The van der Waals surface area contributed by atoms with Gasteiger partial charge < -0.3 is 0 Å². The minimum Gasteiger partial charge on any atom is -0.299 e. The lowest BCUT2D eigenvalue weighted by atomic mass is 9.98. The zero-order chi connectivity index (χ0) is 8.27. The third-order valence-electron chi connectivity index (χ3n) is 2.23. The monoisotopic (exact) mass is 150 g/mol. The average Bonchev–Trinajstić information content (AvgIpc) is 2.37. The Balaban J connectivity index is 2.42. The Bertz CT molecular complexity index is 191. The van der Waals surface area contributed by atoms with E-state index in [1.807, 2.05) is 0 Å². The van der Waals surface area contributed by atoms with Crippen molar-refractivity contribution in [2.75, 3.05) is 0 Å². The normalized spacial score (nSPS) is 23.6. The predicted octanol–water partition coefficient (Wildman–Crippen LogP) is 2.49. The van der Waals surface area contributed by atoms with Crippen molar-refractivity contribution in [3.63, 3.8) is 0 Å². The highest BCUT2D eigenvalue weighted by Crippen LogP contribution is 2.26. The van der Waals surface area contributed by atoms with Crippen molar-refractivity contribution in [2.24, 2.45) is 5.92 Å². The molecule has 1 aliphatic rings. The van der Waals surface area contributed by atoms with E-state index in [1.165, 1.54) is 0 Å². The Morgan fingerprint density at radius 1 is 1.73 bits per heavy atom. The van der Waals surface area contributed by atoms with E-state index < -0.39 is 0 Å². The highest BCUT2D eigenvalue weighted by atomic mass is 16.1. The van der Waals surface area contributed by atoms with Gasteiger partial charge in [-0.1, -0.05) is 24.8 Å². The molecule has 11 heavy (non-hydrogen) atoms. The predicted molar refractivity (Wildman–Crippen MR) is 46.3 cm³/mol. The molecule has 0 heterocycles. The molecular formula is C10H14O. The summed E-state index contributed by atoms with van der Waals surface area (Å²) in [5, 5.41) is 0. The molecule has 0 saturated heterocycles. The summed E-state index contributed by atoms with van der Waals surface area (Å²) in [4.78, 5) is 11.2. The molecule has 0 bridgehead atoms. The minimum atomic E-state index is 0.250. The zero-order valence-electron chi connectivity index (χ0n) is 6.81. The van der Waals surface area contributed by atoms with Gasteiger partial charge in [0.2, 0.25) is 0 Å². The van der Waals surface area contributed by atoms with Crippen molar-refractivity contribution in [3.05, 3.63) is 24.8 Å². The second-order valence-corrected chi connectivity index (χ2v) is 3.12. The van der Waals surface area contributed by atoms with Crippen LogP contribution in [0.1, 0.15) is 25.7 Å². The van der Waals surface area contributed by atoms with E-state index >= 15 is 0 Å². The molecule has 0 aromatic rings. The van der Waals surface area contributed by atoms with Crippen LogP contribution in [0.5, 0.6) is 0 Å². The van der Waals surface area contributed by atoms with Crippen LogP contribution in [-0.4, -0.2) is 5.78 Å². The molecule has 1 fully saturated rings. The second-order valence-electron chi connectivity index (χ2n) is 3.12. The smallest absolute Gasteiger partial charge is 0.136 e. The largest absolute Gasteiger partial charge is 0.299 e. The van der Waals surface area contributed by atoms with Gasteiger partial charge in [0.05, 0.1) is 0 Å². The van der Waals surface area contributed by atoms with Gasteiger partial charge in [0.1, 0.15) is 5.78 Å². The lowest BCUT2D eigenvalue weighted by molar-refractivity contribution is -0.120. The first-order chi connectivity index (χ1) is 5.24. The number of carbonyl (C=O) groups excluding carboxylic acids is 1. The first kappa shape index (κ1) is 8.25. The fraction of sp³-hybridized carbons (Fsp3) is 0.500. The Morgan fingerprint density at radius 3 is 2.91 bits per heavy atom. The fourth-order valence-electron chi connectivity index (χ4n) is 1.50. The summed E-state index contributed by atoms with van der Waals surface area (Å²) >= 11 is 0. The quantitative estimate of drug-likeness (QED) is 0.565. The maximum Gasteiger partial charge on any atom is 0.136 e. The van der Waals surface area contributed by atoms with Crippen LogP contribution < -0.4 is 0 Å². The summed E-state index contributed by atoms with van der Waals surface area (Å²) in [5.41, 5.74) is 0.991. The van der Waals surface area contributed by atoms with Crippen molar-refractivity contribution in [2.45, 2.75) is 25.7 Å². The topological polar surface area (TPSA) is 17.1 Å². The Labute approximate surface area is 67.8 Å². The molecule has 0 radical (unpaired) electrons. The maximum atomic E-state index is 11.2. The van der Waals surface area contributed by atoms with Gasteiger partial charge in [-0.05, 0) is 19.3 Å². The summed E-state index contributed by atoms with van der Waals surface area (Å²) < 4.78 is 0. The molecule has 1 rings (SSSR count). The van der Waals surface area contributed by atoms with Gasteiger partial charge in [-0.25, -0.2) is 0 Å². The van der Waals surface area contributed by atoms with E-state index in [-0.39, 0.29) is 5.92 Å². The van der Waals surface area contributed by atoms with Crippen LogP contribution in [-0.2, 0) is 4.79 Å². The molecule has 1 saturated carbocycles. The standard InChI is InChI=1S/C10H14O/c1-3-8(2)7-9-5-4-6-10(9)11/h3,9H,1-2,4-7H2/t9-/m0/s1. The van der Waals surface area contributed by atoms with Crippen LogP contribution in [0.3, 0.4) is 0 Å². The molecule has 1 aliphatic carbocycles. The molecule has 0 spiro atoms. The van der Waals surface area contributed by atoms with Crippen LogP contribution >= 0.6 is 0 Å². The summed E-state index contributed by atoms with van der Waals surface area (Å²) in [6.45, 7) is 7.42. The molecule has 0 unspecified atom stereocenters. The van der Waals surface area contributed by atoms with Gasteiger partial charge >= 0.3 is 0 Å². The fourth-order valence-corrected chi connectivity index (χ4v) is 1.50. The summed E-state index contributed by atoms with van der Waals surface area (Å²) in [5.74, 6) is 0.661. The maximum absolute atomic E-state index is 11.2. The molecule has 0 aromatic carbocycles. The number of allylic oxidation sites excluding steroid dienone is 2. The first-order valence-electron chi connectivity index (χ1n) is 4.07. The number of hydrogen-bond donors (Lipinski definition) is 0. The summed E-state index contributed by atoms with van der Waals surface area (Å²) in [6, 6.07) is 0. The summed E-state index contributed by atoms with van der Waals surface area (Å²) in [7, 11) is 0. The van der Waals surface area contributed by atoms with Crippen LogP contribution in [0.25, 0.3) is 0 Å². The Hall–Kier alpha value is -0.850. The third kappa shape index (κ3) is 2.04. The van der Waals surface area contributed by atoms with Crippen LogP contribution in [0.2, 0.25) is 0 Å². The van der Waals surface area contributed by atoms with Crippen molar-refractivity contribution in [3.8, 4) is 0 Å². The van der Waals surface area contributed by atoms with Crippen molar-refractivity contribution in [1.29, 1.82) is 0 Å². The molecule has 0 amide bonds. The van der Waals surface area contributed by atoms with Crippen LogP contribution in [0.4, 0.5) is 0 Å². The second kappa shape index (κ2) is 3.51. The number of hydrogen-bond acceptors (Lipinski definition) is 1. The highest BCUT2D eigenvalue weighted by molar-refractivity contribution is 5.83. The molecule has 0 aromatic heterocycles. The van der Waals surface area contributed by atoms with E-state index in [2.05, 4.69) is 13.2 Å². The SMILES string of the molecule is C=CC(=C)C[C@@H]1CCCC1=O. The number of ketones is 1. The Morgan fingerprint density at radius 2 is 2.45 bits per heavy atom. The van der Waals surface area contributed by atoms with E-state index in [9.17, 15) is 4.79 Å². The van der Waals surface area contributed by atoms with E-state index in [1.54, 1.807) is 6.08 Å². The highest BCUT2D eigenvalue weighted by Gasteiger charge is 2.23. The minimum absolute atomic E-state index is 0.250. The lowest BCUT2D eigenvalue weighted by Gasteiger charge is -2.05. The third-order valence-corrected chi connectivity index (χ3v) is 2.23. The van der Waals surface area contributed by atoms with Crippen molar-refractivity contribution < 1.29 is 4.79 Å². The number of Topliss-reactive ketones (excluding diaryl/α,β-unsaturated/α-hetero) is 1. The molecule has 0 aliphatic heterocycles. The number of carbonyl (C=O) groups is 1. The van der Waals surface area contributed by atoms with Gasteiger partial charge in [0, 0.05) is 12.3 Å².